The zero-order valence-electron chi connectivity index (χ0n) is 25.2. The van der Waals surface area contributed by atoms with Crippen LogP contribution in [0.5, 0.6) is 0 Å². The lowest BCUT2D eigenvalue weighted by Gasteiger charge is -2.52. The Labute approximate surface area is 231 Å². The van der Waals surface area contributed by atoms with Gasteiger partial charge in [-0.15, -0.1) is 0 Å². The average molecular weight is 521 g/mol. The van der Waals surface area contributed by atoms with Crippen molar-refractivity contribution in [3.05, 3.63) is 22.3 Å². The molecule has 1 aliphatic heterocycles. The van der Waals surface area contributed by atoms with Crippen LogP contribution in [0.15, 0.2) is 22.3 Å². The maximum Gasteiger partial charge on any atom is 0.313 e. The van der Waals surface area contributed by atoms with Crippen LogP contribution in [0.2, 0.25) is 0 Å². The molecule has 1 heterocycles. The second kappa shape index (κ2) is 8.01. The Morgan fingerprint density at radius 2 is 1.76 bits per heavy atom. The molecule has 6 aliphatic carbocycles. The number of ether oxygens (including phenoxy) is 1. The van der Waals surface area contributed by atoms with Crippen molar-refractivity contribution >= 4 is 5.97 Å². The molecule has 3 saturated carbocycles. The van der Waals surface area contributed by atoms with E-state index in [-0.39, 0.29) is 39.8 Å². The van der Waals surface area contributed by atoms with Gasteiger partial charge in [0.15, 0.2) is 0 Å². The predicted octanol–water partition coefficient (Wildman–Crippen LogP) is 8.02. The first-order valence-corrected chi connectivity index (χ1v) is 16.2. The summed E-state index contributed by atoms with van der Waals surface area (Å²) in [6.45, 7) is 16.9. The van der Waals surface area contributed by atoms with Crippen molar-refractivity contribution in [2.24, 2.45) is 57.2 Å². The van der Waals surface area contributed by atoms with Crippen LogP contribution in [0.4, 0.5) is 0 Å². The summed E-state index contributed by atoms with van der Waals surface area (Å²) in [6.07, 6.45) is 12.4. The summed E-state index contributed by atoms with van der Waals surface area (Å²) < 4.78 is 6.49. The second-order valence-electron chi connectivity index (χ2n) is 16.5. The van der Waals surface area contributed by atoms with E-state index in [0.29, 0.717) is 35.5 Å². The van der Waals surface area contributed by atoms with Crippen molar-refractivity contribution in [1.29, 1.82) is 0 Å². The molecule has 0 amide bonds. The number of allylic oxidation sites excluding steroid dienone is 4. The SMILES string of the molecule is CC1=C2C[C@@H]3[C@H](C[C@]2(C)CCC1)OC(=O)[C@]31C[C@H]2C[C@]1(C)C1=C2[C@@H](C)CC[C@H]2[C@@H](C(C)C)[C@H](O)C[C@]2(C)C1. The fraction of sp³-hybridized carbons (Fsp3) is 0.857. The maximum absolute atomic E-state index is 14.3. The Morgan fingerprint density at radius 3 is 2.50 bits per heavy atom. The van der Waals surface area contributed by atoms with Crippen molar-refractivity contribution in [1.82, 2.24) is 0 Å². The third-order valence-electron chi connectivity index (χ3n) is 14.2. The number of aliphatic hydroxyl groups is 1. The average Bonchev–Trinajstić information content (AvgIpc) is 3.45. The van der Waals surface area contributed by atoms with E-state index < -0.39 is 0 Å². The monoisotopic (exact) mass is 520 g/mol. The van der Waals surface area contributed by atoms with Crippen LogP contribution in [-0.2, 0) is 9.53 Å². The third-order valence-corrected chi connectivity index (χ3v) is 14.2. The molecule has 210 valence electrons. The Bertz CT molecular complexity index is 1130. The topological polar surface area (TPSA) is 46.5 Å². The van der Waals surface area contributed by atoms with E-state index >= 15 is 0 Å². The Morgan fingerprint density at radius 1 is 1.00 bits per heavy atom. The number of esters is 1. The highest BCUT2D eigenvalue weighted by molar-refractivity contribution is 5.83. The molecule has 0 radical (unpaired) electrons. The molecule has 38 heavy (non-hydrogen) atoms. The number of carbonyl (C=O) groups is 1. The molecular formula is C35H52O3. The Hall–Kier alpha value is -1.09. The molecule has 0 aromatic heterocycles. The van der Waals surface area contributed by atoms with E-state index in [1.165, 1.54) is 32.1 Å². The summed E-state index contributed by atoms with van der Waals surface area (Å²) in [5, 5.41) is 11.3. The molecule has 3 heteroatoms. The molecule has 3 nitrogen and oxygen atoms in total. The number of rotatable bonds is 1. The number of carbonyl (C=O) groups excluding carboxylic acids is 1. The quantitative estimate of drug-likeness (QED) is 0.281. The minimum absolute atomic E-state index is 0.0929. The molecule has 7 rings (SSSR count). The lowest BCUT2D eigenvalue weighted by Crippen LogP contribution is -2.50. The number of hydrogen-bond donors (Lipinski definition) is 1. The van der Waals surface area contributed by atoms with Gasteiger partial charge in [-0.2, -0.15) is 0 Å². The van der Waals surface area contributed by atoms with Crippen molar-refractivity contribution in [3.63, 3.8) is 0 Å². The molecule has 1 saturated heterocycles. The molecule has 7 aliphatic rings. The van der Waals surface area contributed by atoms with Crippen LogP contribution in [-0.4, -0.2) is 23.3 Å². The molecule has 0 aromatic rings. The first-order chi connectivity index (χ1) is 17.8. The Balaban J connectivity index is 1.31. The normalized spacial score (nSPS) is 53.6. The first-order valence-electron chi connectivity index (χ1n) is 16.2. The predicted molar refractivity (Wildman–Crippen MR) is 151 cm³/mol. The summed E-state index contributed by atoms with van der Waals surface area (Å²) in [5.74, 6) is 3.09. The second-order valence-corrected chi connectivity index (χ2v) is 16.5. The van der Waals surface area contributed by atoms with E-state index in [1.54, 1.807) is 22.3 Å². The maximum atomic E-state index is 14.3. The minimum atomic E-state index is -0.354. The van der Waals surface area contributed by atoms with Gasteiger partial charge in [0, 0.05) is 11.3 Å². The fourth-order valence-electron chi connectivity index (χ4n) is 12.7. The van der Waals surface area contributed by atoms with Crippen LogP contribution in [0.3, 0.4) is 0 Å². The van der Waals surface area contributed by atoms with Gasteiger partial charge in [-0.1, -0.05) is 63.8 Å². The van der Waals surface area contributed by atoms with E-state index in [2.05, 4.69) is 48.5 Å². The summed E-state index contributed by atoms with van der Waals surface area (Å²) in [4.78, 5) is 14.3. The molecule has 2 bridgehead atoms. The number of hydrogen-bond acceptors (Lipinski definition) is 3. The molecule has 0 unspecified atom stereocenters. The zero-order valence-corrected chi connectivity index (χ0v) is 25.2. The van der Waals surface area contributed by atoms with Crippen molar-refractivity contribution in [2.45, 2.75) is 131 Å². The van der Waals surface area contributed by atoms with Gasteiger partial charge in [-0.25, -0.2) is 0 Å². The highest BCUT2D eigenvalue weighted by Gasteiger charge is 2.75. The molecule has 11 atom stereocenters. The number of aliphatic hydroxyl groups excluding tert-OH is 1. The van der Waals surface area contributed by atoms with Gasteiger partial charge in [-0.3, -0.25) is 4.79 Å². The van der Waals surface area contributed by atoms with Gasteiger partial charge < -0.3 is 9.84 Å². The fourth-order valence-corrected chi connectivity index (χ4v) is 12.7. The van der Waals surface area contributed by atoms with Gasteiger partial charge in [0.1, 0.15) is 6.10 Å². The molecule has 1 N–H and O–H groups in total. The molecule has 1 spiro atoms. The van der Waals surface area contributed by atoms with Gasteiger partial charge in [0.2, 0.25) is 0 Å². The molecule has 0 aromatic carbocycles. The standard InChI is InChI=1S/C35H52O3/c1-19(2)29-23-11-10-21(4)30-22-14-34(7,26(30)16-33(23,6)17-27(29)36)35(15-22)25-13-24-20(3)9-8-12-32(24,5)18-28(25)38-31(35)37/h19,21-23,25,27-29,36H,8-18H2,1-7H3/t21-,22+,23-,25+,27+,28-,29+,32-,33-,34+,35-/m0/s1. The summed E-state index contributed by atoms with van der Waals surface area (Å²) in [6, 6.07) is 0. The van der Waals surface area contributed by atoms with Crippen LogP contribution in [0, 0.1) is 57.2 Å². The van der Waals surface area contributed by atoms with E-state index in [4.69, 9.17) is 4.74 Å². The van der Waals surface area contributed by atoms with Crippen LogP contribution in [0.1, 0.15) is 119 Å². The van der Waals surface area contributed by atoms with Gasteiger partial charge in [0.25, 0.3) is 0 Å². The van der Waals surface area contributed by atoms with Gasteiger partial charge >= 0.3 is 5.97 Å². The summed E-state index contributed by atoms with van der Waals surface area (Å²) >= 11 is 0. The lowest BCUT2D eigenvalue weighted by atomic mass is 9.48. The van der Waals surface area contributed by atoms with E-state index in [9.17, 15) is 9.90 Å². The highest BCUT2D eigenvalue weighted by atomic mass is 16.6. The van der Waals surface area contributed by atoms with Crippen molar-refractivity contribution in [3.8, 4) is 0 Å². The van der Waals surface area contributed by atoms with Crippen molar-refractivity contribution < 1.29 is 14.6 Å². The lowest BCUT2D eigenvalue weighted by molar-refractivity contribution is -0.153. The van der Waals surface area contributed by atoms with Crippen LogP contribution >= 0.6 is 0 Å². The molecular weight excluding hydrogens is 468 g/mol. The number of fused-ring (bicyclic) bond motifs is 9. The van der Waals surface area contributed by atoms with E-state index in [1.807, 2.05) is 0 Å². The van der Waals surface area contributed by atoms with Crippen molar-refractivity contribution in [2.75, 3.05) is 0 Å². The largest absolute Gasteiger partial charge is 0.462 e. The van der Waals surface area contributed by atoms with Crippen LogP contribution in [0.25, 0.3) is 0 Å². The van der Waals surface area contributed by atoms with Gasteiger partial charge in [-0.05, 0) is 118 Å². The molecule has 4 fully saturated rings. The minimum Gasteiger partial charge on any atom is -0.462 e. The summed E-state index contributed by atoms with van der Waals surface area (Å²) in [7, 11) is 0. The van der Waals surface area contributed by atoms with Gasteiger partial charge in [0.05, 0.1) is 11.5 Å². The third kappa shape index (κ3) is 3.04. The van der Waals surface area contributed by atoms with Crippen LogP contribution < -0.4 is 0 Å². The zero-order chi connectivity index (χ0) is 27.0. The summed E-state index contributed by atoms with van der Waals surface area (Å²) in [5.41, 5.74) is 6.55. The Kier molecular flexibility index (Phi) is 5.45. The van der Waals surface area contributed by atoms with E-state index in [0.717, 1.165) is 38.5 Å². The highest BCUT2D eigenvalue weighted by Crippen LogP contribution is 2.77. The first kappa shape index (κ1) is 25.8. The smallest absolute Gasteiger partial charge is 0.313 e.